The minimum atomic E-state index is -0.923. The smallest absolute Gasteiger partial charge is 0.304 e. The van der Waals surface area contributed by atoms with Crippen molar-refractivity contribution in [2.45, 2.75) is 33.6 Å². The SMILES string of the molecule is CC(C)CCN(C)C(=O)C(C)CC(=O)O. The molecule has 0 heterocycles. The van der Waals surface area contributed by atoms with Gasteiger partial charge in [-0.15, -0.1) is 0 Å². The monoisotopic (exact) mass is 215 g/mol. The molecule has 88 valence electrons. The van der Waals surface area contributed by atoms with Gasteiger partial charge in [-0.05, 0) is 12.3 Å². The molecule has 0 fully saturated rings. The van der Waals surface area contributed by atoms with Crippen LogP contribution in [0.1, 0.15) is 33.6 Å². The van der Waals surface area contributed by atoms with Gasteiger partial charge in [0.2, 0.25) is 5.91 Å². The zero-order valence-corrected chi connectivity index (χ0v) is 9.99. The zero-order chi connectivity index (χ0) is 12.0. The van der Waals surface area contributed by atoms with Gasteiger partial charge in [-0.1, -0.05) is 20.8 Å². The Morgan fingerprint density at radius 3 is 2.20 bits per heavy atom. The number of amides is 1. The fourth-order valence-corrected chi connectivity index (χ4v) is 1.29. The lowest BCUT2D eigenvalue weighted by molar-refractivity contribution is -0.143. The molecule has 0 aliphatic heterocycles. The molecular formula is C11H21NO3. The summed E-state index contributed by atoms with van der Waals surface area (Å²) in [4.78, 5) is 23.7. The fraction of sp³-hybridized carbons (Fsp3) is 0.818. The van der Waals surface area contributed by atoms with E-state index in [1.807, 2.05) is 0 Å². The van der Waals surface area contributed by atoms with Crippen LogP contribution in [0.15, 0.2) is 0 Å². The molecule has 0 saturated carbocycles. The summed E-state index contributed by atoms with van der Waals surface area (Å²) in [7, 11) is 1.73. The van der Waals surface area contributed by atoms with Gasteiger partial charge in [0, 0.05) is 19.5 Å². The molecule has 0 spiro atoms. The van der Waals surface area contributed by atoms with Crippen LogP contribution in [0.4, 0.5) is 0 Å². The van der Waals surface area contributed by atoms with E-state index in [0.717, 1.165) is 6.42 Å². The van der Waals surface area contributed by atoms with Gasteiger partial charge in [0.05, 0.1) is 6.42 Å². The first-order chi connectivity index (χ1) is 6.84. The van der Waals surface area contributed by atoms with Gasteiger partial charge < -0.3 is 10.0 Å². The zero-order valence-electron chi connectivity index (χ0n) is 9.99. The highest BCUT2D eigenvalue weighted by atomic mass is 16.4. The lowest BCUT2D eigenvalue weighted by atomic mass is 10.1. The molecule has 1 amide bonds. The van der Waals surface area contributed by atoms with E-state index >= 15 is 0 Å². The van der Waals surface area contributed by atoms with Crippen LogP contribution in [0, 0.1) is 11.8 Å². The molecule has 1 unspecified atom stereocenters. The first kappa shape index (κ1) is 13.9. The van der Waals surface area contributed by atoms with Crippen molar-refractivity contribution >= 4 is 11.9 Å². The summed E-state index contributed by atoms with van der Waals surface area (Å²) in [6.07, 6.45) is 0.854. The number of hydrogen-bond acceptors (Lipinski definition) is 2. The van der Waals surface area contributed by atoms with Crippen LogP contribution in [0.5, 0.6) is 0 Å². The van der Waals surface area contributed by atoms with E-state index in [1.54, 1.807) is 18.9 Å². The number of carboxylic acid groups (broad SMARTS) is 1. The lowest BCUT2D eigenvalue weighted by Gasteiger charge is -2.21. The van der Waals surface area contributed by atoms with Gasteiger partial charge in [0.15, 0.2) is 0 Å². The molecule has 0 rings (SSSR count). The normalized spacial score (nSPS) is 12.6. The molecule has 15 heavy (non-hydrogen) atoms. The Balaban J connectivity index is 4.01. The second-order valence-corrected chi connectivity index (χ2v) is 4.44. The average Bonchev–Trinajstić information content (AvgIpc) is 2.11. The topological polar surface area (TPSA) is 57.6 Å². The molecule has 0 aromatic carbocycles. The number of rotatable bonds is 6. The van der Waals surface area contributed by atoms with Crippen LogP contribution >= 0.6 is 0 Å². The molecule has 0 radical (unpaired) electrons. The highest BCUT2D eigenvalue weighted by Crippen LogP contribution is 2.08. The molecule has 0 bridgehead atoms. The maximum atomic E-state index is 11.7. The third-order valence-corrected chi connectivity index (χ3v) is 2.32. The summed E-state index contributed by atoms with van der Waals surface area (Å²) < 4.78 is 0. The van der Waals surface area contributed by atoms with Gasteiger partial charge in [-0.25, -0.2) is 0 Å². The Hall–Kier alpha value is -1.06. The summed E-state index contributed by atoms with van der Waals surface area (Å²) in [6.45, 7) is 6.54. The predicted molar refractivity (Wildman–Crippen MR) is 58.5 cm³/mol. The molecule has 4 heteroatoms. The van der Waals surface area contributed by atoms with Gasteiger partial charge in [0.1, 0.15) is 0 Å². The Bertz CT molecular complexity index is 226. The number of carboxylic acids is 1. The molecule has 1 atom stereocenters. The molecule has 0 aliphatic carbocycles. The van der Waals surface area contributed by atoms with Gasteiger partial charge >= 0.3 is 5.97 Å². The third-order valence-electron chi connectivity index (χ3n) is 2.32. The molecule has 1 N–H and O–H groups in total. The van der Waals surface area contributed by atoms with Crippen LogP contribution in [-0.4, -0.2) is 35.5 Å². The van der Waals surface area contributed by atoms with E-state index in [0.29, 0.717) is 12.5 Å². The number of carbonyl (C=O) groups is 2. The van der Waals surface area contributed by atoms with Gasteiger partial charge in [-0.3, -0.25) is 9.59 Å². The molecule has 0 aromatic heterocycles. The highest BCUT2D eigenvalue weighted by molar-refractivity contribution is 5.82. The predicted octanol–water partition coefficient (Wildman–Crippen LogP) is 1.60. The quantitative estimate of drug-likeness (QED) is 0.732. The first-order valence-electron chi connectivity index (χ1n) is 5.31. The van der Waals surface area contributed by atoms with Crippen molar-refractivity contribution in [2.75, 3.05) is 13.6 Å². The molecule has 0 saturated heterocycles. The second-order valence-electron chi connectivity index (χ2n) is 4.44. The Morgan fingerprint density at radius 2 is 1.80 bits per heavy atom. The Morgan fingerprint density at radius 1 is 1.27 bits per heavy atom. The molecule has 0 aliphatic rings. The van der Waals surface area contributed by atoms with Crippen molar-refractivity contribution in [1.29, 1.82) is 0 Å². The molecule has 0 aromatic rings. The Kier molecular flexibility index (Phi) is 5.97. The van der Waals surface area contributed by atoms with Crippen molar-refractivity contribution in [3.05, 3.63) is 0 Å². The molecule has 4 nitrogen and oxygen atoms in total. The summed E-state index contributed by atoms with van der Waals surface area (Å²) >= 11 is 0. The third kappa shape index (κ3) is 6.10. The second kappa shape index (κ2) is 6.43. The van der Waals surface area contributed by atoms with Gasteiger partial charge in [0.25, 0.3) is 0 Å². The number of nitrogens with zero attached hydrogens (tertiary/aromatic N) is 1. The van der Waals surface area contributed by atoms with E-state index in [-0.39, 0.29) is 12.3 Å². The lowest BCUT2D eigenvalue weighted by Crippen LogP contribution is -2.33. The fourth-order valence-electron chi connectivity index (χ4n) is 1.29. The van der Waals surface area contributed by atoms with E-state index in [9.17, 15) is 9.59 Å². The average molecular weight is 215 g/mol. The largest absolute Gasteiger partial charge is 0.481 e. The highest BCUT2D eigenvalue weighted by Gasteiger charge is 2.19. The van der Waals surface area contributed by atoms with Crippen molar-refractivity contribution in [2.24, 2.45) is 11.8 Å². The van der Waals surface area contributed by atoms with Crippen LogP contribution in [0.2, 0.25) is 0 Å². The van der Waals surface area contributed by atoms with Crippen molar-refractivity contribution in [3.8, 4) is 0 Å². The maximum absolute atomic E-state index is 11.7. The van der Waals surface area contributed by atoms with Crippen LogP contribution in [0.3, 0.4) is 0 Å². The van der Waals surface area contributed by atoms with Crippen molar-refractivity contribution in [1.82, 2.24) is 4.90 Å². The number of aliphatic carboxylic acids is 1. The van der Waals surface area contributed by atoms with Gasteiger partial charge in [-0.2, -0.15) is 0 Å². The van der Waals surface area contributed by atoms with E-state index in [1.165, 1.54) is 0 Å². The number of carbonyl (C=O) groups excluding carboxylic acids is 1. The minimum Gasteiger partial charge on any atom is -0.481 e. The van der Waals surface area contributed by atoms with Crippen LogP contribution < -0.4 is 0 Å². The molecular weight excluding hydrogens is 194 g/mol. The minimum absolute atomic E-state index is 0.0851. The summed E-state index contributed by atoms with van der Waals surface area (Å²) in [5, 5.41) is 8.56. The summed E-state index contributed by atoms with van der Waals surface area (Å²) in [5.41, 5.74) is 0. The van der Waals surface area contributed by atoms with Crippen LogP contribution in [-0.2, 0) is 9.59 Å². The Labute approximate surface area is 91.3 Å². The van der Waals surface area contributed by atoms with Crippen LogP contribution in [0.25, 0.3) is 0 Å². The van der Waals surface area contributed by atoms with Crippen molar-refractivity contribution in [3.63, 3.8) is 0 Å². The van der Waals surface area contributed by atoms with E-state index in [2.05, 4.69) is 13.8 Å². The number of hydrogen-bond donors (Lipinski definition) is 1. The van der Waals surface area contributed by atoms with Crippen molar-refractivity contribution < 1.29 is 14.7 Å². The van der Waals surface area contributed by atoms with E-state index in [4.69, 9.17) is 5.11 Å². The first-order valence-corrected chi connectivity index (χ1v) is 5.31. The summed E-state index contributed by atoms with van der Waals surface area (Å²) in [5.74, 6) is -0.888. The summed E-state index contributed by atoms with van der Waals surface area (Å²) in [6, 6.07) is 0. The maximum Gasteiger partial charge on any atom is 0.304 e. The van der Waals surface area contributed by atoms with E-state index < -0.39 is 11.9 Å². The standard InChI is InChI=1S/C11H21NO3/c1-8(2)5-6-12(4)11(15)9(3)7-10(13)14/h8-9H,5-7H2,1-4H3,(H,13,14).